The van der Waals surface area contributed by atoms with Crippen LogP contribution in [-0.2, 0) is 4.79 Å². The van der Waals surface area contributed by atoms with Crippen LogP contribution in [0.15, 0.2) is 54.6 Å². The number of benzene rings is 2. The molecule has 6 nitrogen and oxygen atoms in total. The van der Waals surface area contributed by atoms with Crippen LogP contribution < -0.4 is 5.32 Å². The molecule has 0 aliphatic carbocycles. The molecule has 2 aromatic heterocycles. The average molecular weight is 563 g/mol. The van der Waals surface area contributed by atoms with Crippen LogP contribution in [0, 0.1) is 6.92 Å². The fourth-order valence-corrected chi connectivity index (χ4v) is 5.21. The van der Waals surface area contributed by atoms with Gasteiger partial charge < -0.3 is 10.4 Å². The Morgan fingerprint density at radius 2 is 1.61 bits per heavy atom. The molecule has 1 amide bonds. The molecular weight excluding hydrogens is 544 g/mol. The highest BCUT2D eigenvalue weighted by Crippen LogP contribution is 2.35. The number of halogens is 4. The van der Waals surface area contributed by atoms with E-state index >= 15 is 0 Å². The third-order valence-electron chi connectivity index (χ3n) is 5.79. The maximum Gasteiger partial charge on any atom is 0.326 e. The van der Waals surface area contributed by atoms with Crippen molar-refractivity contribution < 1.29 is 14.7 Å². The van der Waals surface area contributed by atoms with Gasteiger partial charge in [-0.25, -0.2) is 14.8 Å². The minimum atomic E-state index is -1.25. The first kappa shape index (κ1) is 26.2. The van der Waals surface area contributed by atoms with Crippen LogP contribution in [0.25, 0.3) is 22.2 Å². The lowest BCUT2D eigenvalue weighted by Crippen LogP contribution is -2.44. The number of pyridine rings is 2. The summed E-state index contributed by atoms with van der Waals surface area (Å²) in [7, 11) is 0. The predicted molar refractivity (Wildman–Crippen MR) is 143 cm³/mol. The van der Waals surface area contributed by atoms with Crippen molar-refractivity contribution in [2.75, 3.05) is 0 Å². The number of amides is 1. The van der Waals surface area contributed by atoms with E-state index in [0.29, 0.717) is 38.1 Å². The van der Waals surface area contributed by atoms with E-state index < -0.39 is 23.8 Å². The van der Waals surface area contributed by atoms with Crippen molar-refractivity contribution in [2.45, 2.75) is 25.8 Å². The van der Waals surface area contributed by atoms with Gasteiger partial charge in [-0.2, -0.15) is 0 Å². The smallest absolute Gasteiger partial charge is 0.326 e. The summed E-state index contributed by atoms with van der Waals surface area (Å²) in [4.78, 5) is 33.7. The van der Waals surface area contributed by atoms with Gasteiger partial charge in [-0.1, -0.05) is 71.5 Å². The number of nitrogens with one attached hydrogen (secondary N) is 1. The molecule has 1 unspecified atom stereocenters. The third kappa shape index (κ3) is 5.27. The lowest BCUT2D eigenvalue weighted by Gasteiger charge is -2.22. The molecule has 0 saturated carbocycles. The van der Waals surface area contributed by atoms with E-state index in [1.807, 2.05) is 12.1 Å². The molecule has 2 atom stereocenters. The van der Waals surface area contributed by atoms with Gasteiger partial charge in [-0.3, -0.25) is 4.79 Å². The maximum atomic E-state index is 12.9. The first-order valence-corrected chi connectivity index (χ1v) is 12.3. The second-order valence-corrected chi connectivity index (χ2v) is 9.81. The largest absolute Gasteiger partial charge is 0.480 e. The Labute approximate surface area is 227 Å². The van der Waals surface area contributed by atoms with Crippen LogP contribution >= 0.6 is 46.4 Å². The summed E-state index contributed by atoms with van der Waals surface area (Å²) in [6.07, 6.45) is 0. The standard InChI is InChI=1S/C26H19Cl4N3O3/c1-12-10-18(29)22(24(30)31-12)25(34)33-23(26(35)36)13(2)14-6-8-19-15(11-14)7-9-20(32-19)21-16(27)4-3-5-17(21)28/h3-11,13,23H,1-2H3,(H,33,34)(H,35,36)/t13?,23-/m0/s1. The molecule has 0 aliphatic heterocycles. The highest BCUT2D eigenvalue weighted by molar-refractivity contribution is 6.39. The quantitative estimate of drug-likeness (QED) is 0.242. The molecule has 0 bridgehead atoms. The van der Waals surface area contributed by atoms with Gasteiger partial charge >= 0.3 is 5.97 Å². The van der Waals surface area contributed by atoms with Crippen molar-refractivity contribution in [2.24, 2.45) is 0 Å². The number of aryl methyl sites for hydroxylation is 1. The molecule has 0 radical (unpaired) electrons. The molecule has 2 heterocycles. The van der Waals surface area contributed by atoms with E-state index in [-0.39, 0.29) is 15.7 Å². The Morgan fingerprint density at radius 1 is 0.917 bits per heavy atom. The summed E-state index contributed by atoms with van der Waals surface area (Å²) >= 11 is 24.9. The molecule has 36 heavy (non-hydrogen) atoms. The summed E-state index contributed by atoms with van der Waals surface area (Å²) in [5.74, 6) is -2.52. The van der Waals surface area contributed by atoms with Gasteiger partial charge in [0.2, 0.25) is 0 Å². The molecule has 0 aliphatic rings. The van der Waals surface area contributed by atoms with Gasteiger partial charge in [-0.05, 0) is 48.9 Å². The van der Waals surface area contributed by atoms with Gasteiger partial charge in [0.05, 0.1) is 31.8 Å². The van der Waals surface area contributed by atoms with E-state index in [2.05, 4.69) is 15.3 Å². The Morgan fingerprint density at radius 3 is 2.25 bits per heavy atom. The van der Waals surface area contributed by atoms with E-state index in [0.717, 1.165) is 5.39 Å². The van der Waals surface area contributed by atoms with Crippen molar-refractivity contribution in [3.63, 3.8) is 0 Å². The molecule has 0 fully saturated rings. The summed E-state index contributed by atoms with van der Waals surface area (Å²) in [5.41, 5.74) is 3.09. The van der Waals surface area contributed by atoms with Crippen LogP contribution in [0.4, 0.5) is 0 Å². The highest BCUT2D eigenvalue weighted by Gasteiger charge is 2.30. The first-order chi connectivity index (χ1) is 17.1. The van der Waals surface area contributed by atoms with Crippen molar-refractivity contribution in [1.82, 2.24) is 15.3 Å². The fourth-order valence-electron chi connectivity index (χ4n) is 3.91. The second-order valence-electron chi connectivity index (χ2n) is 8.23. The number of fused-ring (bicyclic) bond motifs is 1. The Kier molecular flexibility index (Phi) is 7.71. The molecular formula is C26H19Cl4N3O3. The number of carbonyl (C=O) groups excluding carboxylic acids is 1. The monoisotopic (exact) mass is 561 g/mol. The number of carboxylic acid groups (broad SMARTS) is 1. The lowest BCUT2D eigenvalue weighted by atomic mass is 9.91. The van der Waals surface area contributed by atoms with Gasteiger partial charge in [-0.15, -0.1) is 0 Å². The Balaban J connectivity index is 1.64. The van der Waals surface area contributed by atoms with Gasteiger partial charge in [0.15, 0.2) is 0 Å². The molecule has 0 saturated heterocycles. The number of aromatic nitrogens is 2. The normalized spacial score (nSPS) is 12.8. The molecule has 4 aromatic rings. The zero-order valence-corrected chi connectivity index (χ0v) is 22.0. The zero-order chi connectivity index (χ0) is 26.1. The van der Waals surface area contributed by atoms with Crippen molar-refractivity contribution in [3.05, 3.63) is 91.6 Å². The average Bonchev–Trinajstić information content (AvgIpc) is 2.80. The number of carbonyl (C=O) groups is 2. The predicted octanol–water partition coefficient (Wildman–Crippen LogP) is 7.21. The van der Waals surface area contributed by atoms with Crippen molar-refractivity contribution in [3.8, 4) is 11.3 Å². The zero-order valence-electron chi connectivity index (χ0n) is 19.0. The summed E-state index contributed by atoms with van der Waals surface area (Å²) in [5, 5.41) is 14.2. The van der Waals surface area contributed by atoms with Gasteiger partial charge in [0.25, 0.3) is 5.91 Å². The minimum Gasteiger partial charge on any atom is -0.480 e. The fraction of sp³-hybridized carbons (Fsp3) is 0.154. The van der Waals surface area contributed by atoms with E-state index in [1.54, 1.807) is 50.2 Å². The third-order valence-corrected chi connectivity index (χ3v) is 6.99. The second kappa shape index (κ2) is 10.6. The number of carboxylic acids is 1. The number of hydrogen-bond acceptors (Lipinski definition) is 4. The number of rotatable bonds is 6. The summed E-state index contributed by atoms with van der Waals surface area (Å²) in [6, 6.07) is 14.5. The van der Waals surface area contributed by atoms with Crippen LogP contribution in [0.2, 0.25) is 20.2 Å². The number of hydrogen-bond donors (Lipinski definition) is 2. The topological polar surface area (TPSA) is 92.2 Å². The maximum absolute atomic E-state index is 12.9. The molecule has 10 heteroatoms. The van der Waals surface area contributed by atoms with Crippen molar-refractivity contribution >= 4 is 69.2 Å². The number of nitrogens with zero attached hydrogens (tertiary/aromatic N) is 2. The molecule has 2 aromatic carbocycles. The first-order valence-electron chi connectivity index (χ1n) is 10.8. The van der Waals surface area contributed by atoms with Crippen LogP contribution in [0.3, 0.4) is 0 Å². The van der Waals surface area contributed by atoms with Crippen molar-refractivity contribution in [1.29, 1.82) is 0 Å². The molecule has 0 spiro atoms. The number of aliphatic carboxylic acids is 1. The SMILES string of the molecule is Cc1cc(Cl)c(C(=O)N[C@H](C(=O)O)C(C)c2ccc3nc(-c4c(Cl)cccc4Cl)ccc3c2)c(Cl)n1. The summed E-state index contributed by atoms with van der Waals surface area (Å²) < 4.78 is 0. The molecule has 4 rings (SSSR count). The van der Waals surface area contributed by atoms with E-state index in [9.17, 15) is 14.7 Å². The molecule has 2 N–H and O–H groups in total. The highest BCUT2D eigenvalue weighted by atomic mass is 35.5. The Hall–Kier alpha value is -2.90. The van der Waals surface area contributed by atoms with Gasteiger partial charge in [0, 0.05) is 22.6 Å². The van der Waals surface area contributed by atoms with E-state index in [1.165, 1.54) is 6.07 Å². The van der Waals surface area contributed by atoms with E-state index in [4.69, 9.17) is 46.4 Å². The Bertz CT molecular complexity index is 1470. The minimum absolute atomic E-state index is 0.0733. The lowest BCUT2D eigenvalue weighted by molar-refractivity contribution is -0.139. The van der Waals surface area contributed by atoms with Crippen LogP contribution in [0.1, 0.15) is 34.5 Å². The van der Waals surface area contributed by atoms with Crippen LogP contribution in [0.5, 0.6) is 0 Å². The summed E-state index contributed by atoms with van der Waals surface area (Å²) in [6.45, 7) is 3.39. The molecule has 184 valence electrons. The van der Waals surface area contributed by atoms with Crippen LogP contribution in [-0.4, -0.2) is 33.0 Å². The van der Waals surface area contributed by atoms with Gasteiger partial charge in [0.1, 0.15) is 11.2 Å².